The Bertz CT molecular complexity index is 1830. The van der Waals surface area contributed by atoms with Crippen LogP contribution in [0.5, 0.6) is 0 Å². The first kappa shape index (κ1) is 28.3. The lowest BCUT2D eigenvalue weighted by Crippen LogP contribution is -2.37. The van der Waals surface area contributed by atoms with Crippen LogP contribution in [0, 0.1) is 3.57 Å². The summed E-state index contributed by atoms with van der Waals surface area (Å²) in [5.74, 6) is 0. The standard InChI is InChI=1S/C43H36IN/c44-36-26-22-32(23-27-36)42(30-12-3-13-31-42)33-24-28-37(29-25-33)45-40-20-10-8-18-38(40)43(34-14-4-1-5-15-34,35-16-6-2-7-17-35)39-19-9-11-21-41(39)45/h1-2,4-11,14-29H,3,12-13,30-31H2. The van der Waals surface area contributed by atoms with Gasteiger partial charge in [0.2, 0.25) is 0 Å². The number of hydrogen-bond donors (Lipinski definition) is 0. The van der Waals surface area contributed by atoms with Gasteiger partial charge in [-0.25, -0.2) is 0 Å². The second kappa shape index (κ2) is 11.7. The quantitative estimate of drug-likeness (QED) is 0.162. The molecule has 1 saturated carbocycles. The minimum Gasteiger partial charge on any atom is -0.310 e. The second-order valence-electron chi connectivity index (χ2n) is 12.5. The van der Waals surface area contributed by atoms with Gasteiger partial charge in [-0.1, -0.05) is 141 Å². The van der Waals surface area contributed by atoms with Crippen LogP contribution in [0.3, 0.4) is 0 Å². The normalized spacial score (nSPS) is 16.4. The third-order valence-electron chi connectivity index (χ3n) is 10.3. The molecule has 1 aliphatic heterocycles. The van der Waals surface area contributed by atoms with Crippen molar-refractivity contribution in [3.8, 4) is 0 Å². The molecule has 0 spiro atoms. The molecule has 1 aliphatic carbocycles. The monoisotopic (exact) mass is 693 g/mol. The van der Waals surface area contributed by atoms with Crippen molar-refractivity contribution in [1.29, 1.82) is 0 Å². The van der Waals surface area contributed by atoms with E-state index in [1.807, 2.05) is 0 Å². The van der Waals surface area contributed by atoms with Gasteiger partial charge in [-0.2, -0.15) is 0 Å². The summed E-state index contributed by atoms with van der Waals surface area (Å²) in [6.45, 7) is 0. The summed E-state index contributed by atoms with van der Waals surface area (Å²) in [7, 11) is 0. The number of para-hydroxylation sites is 2. The lowest BCUT2D eigenvalue weighted by atomic mass is 9.62. The molecule has 0 unspecified atom stereocenters. The molecule has 1 nitrogen and oxygen atoms in total. The Hall–Kier alpha value is -4.15. The van der Waals surface area contributed by atoms with Crippen molar-refractivity contribution in [2.24, 2.45) is 0 Å². The lowest BCUT2D eigenvalue weighted by molar-refractivity contribution is 0.346. The van der Waals surface area contributed by atoms with Gasteiger partial charge in [0.05, 0.1) is 16.8 Å². The van der Waals surface area contributed by atoms with Crippen LogP contribution in [0.4, 0.5) is 17.1 Å². The Morgan fingerprint density at radius 1 is 0.422 bits per heavy atom. The molecule has 0 atom stereocenters. The predicted octanol–water partition coefficient (Wildman–Crippen LogP) is 11.7. The Morgan fingerprint density at radius 3 is 1.38 bits per heavy atom. The van der Waals surface area contributed by atoms with E-state index in [2.05, 4.69) is 185 Å². The molecule has 1 heterocycles. The SMILES string of the molecule is Ic1ccc(C2(c3ccc(N4c5ccccc5C(c5ccccc5)(c5ccccc5)c5ccccc54)cc3)CCCCC2)cc1. The molecule has 0 amide bonds. The maximum Gasteiger partial charge on any atom is 0.0742 e. The Morgan fingerprint density at radius 2 is 0.867 bits per heavy atom. The van der Waals surface area contributed by atoms with Crippen molar-refractivity contribution in [3.63, 3.8) is 0 Å². The number of halogens is 1. The maximum atomic E-state index is 2.48. The van der Waals surface area contributed by atoms with Gasteiger partial charge in [0.1, 0.15) is 0 Å². The van der Waals surface area contributed by atoms with Gasteiger partial charge >= 0.3 is 0 Å². The third-order valence-corrected chi connectivity index (χ3v) is 11.0. The van der Waals surface area contributed by atoms with Gasteiger partial charge in [-0.3, -0.25) is 0 Å². The topological polar surface area (TPSA) is 3.24 Å². The number of benzene rings is 6. The number of anilines is 3. The van der Waals surface area contributed by atoms with Crippen LogP contribution in [0.1, 0.15) is 65.5 Å². The average Bonchev–Trinajstić information content (AvgIpc) is 3.12. The highest BCUT2D eigenvalue weighted by molar-refractivity contribution is 14.1. The molecule has 8 rings (SSSR count). The highest BCUT2D eigenvalue weighted by Crippen LogP contribution is 2.57. The molecule has 45 heavy (non-hydrogen) atoms. The molecular formula is C43H36IN. The molecule has 0 bridgehead atoms. The highest BCUT2D eigenvalue weighted by atomic mass is 127. The van der Waals surface area contributed by atoms with Crippen LogP contribution < -0.4 is 4.90 Å². The third kappa shape index (κ3) is 4.56. The molecule has 1 fully saturated rings. The fourth-order valence-electron chi connectivity index (χ4n) is 8.29. The van der Waals surface area contributed by atoms with E-state index < -0.39 is 5.41 Å². The van der Waals surface area contributed by atoms with E-state index in [9.17, 15) is 0 Å². The smallest absolute Gasteiger partial charge is 0.0742 e. The molecule has 0 aromatic heterocycles. The largest absolute Gasteiger partial charge is 0.310 e. The van der Waals surface area contributed by atoms with E-state index in [1.54, 1.807) is 0 Å². The molecule has 220 valence electrons. The summed E-state index contributed by atoms with van der Waals surface area (Å²) in [4.78, 5) is 2.48. The zero-order valence-corrected chi connectivity index (χ0v) is 27.5. The van der Waals surface area contributed by atoms with E-state index >= 15 is 0 Å². The van der Waals surface area contributed by atoms with E-state index in [-0.39, 0.29) is 5.41 Å². The van der Waals surface area contributed by atoms with Gasteiger partial charge in [0, 0.05) is 14.7 Å². The van der Waals surface area contributed by atoms with Crippen molar-refractivity contribution in [1.82, 2.24) is 0 Å². The molecule has 6 aromatic rings. The summed E-state index contributed by atoms with van der Waals surface area (Å²) in [5, 5.41) is 0. The second-order valence-corrected chi connectivity index (χ2v) is 13.8. The van der Waals surface area contributed by atoms with Gasteiger partial charge in [0.25, 0.3) is 0 Å². The number of rotatable bonds is 5. The molecular weight excluding hydrogens is 657 g/mol. The molecule has 0 radical (unpaired) electrons. The summed E-state index contributed by atoms with van der Waals surface area (Å²) in [6.07, 6.45) is 6.30. The first-order valence-corrected chi connectivity index (χ1v) is 17.3. The zero-order chi connectivity index (χ0) is 30.3. The molecule has 2 aliphatic rings. The molecule has 6 aromatic carbocycles. The number of nitrogens with zero attached hydrogens (tertiary/aromatic N) is 1. The molecule has 2 heteroatoms. The van der Waals surface area contributed by atoms with Crippen molar-refractivity contribution in [2.75, 3.05) is 4.90 Å². The summed E-state index contributed by atoms with van der Waals surface area (Å²) in [5.41, 5.74) is 11.3. The molecule has 0 N–H and O–H groups in total. The van der Waals surface area contributed by atoms with Crippen LogP contribution in [-0.2, 0) is 10.8 Å². The number of hydrogen-bond acceptors (Lipinski definition) is 1. The minimum absolute atomic E-state index is 0.0780. The van der Waals surface area contributed by atoms with Crippen LogP contribution in [-0.4, -0.2) is 0 Å². The van der Waals surface area contributed by atoms with Crippen LogP contribution >= 0.6 is 22.6 Å². The maximum absolute atomic E-state index is 2.48. The van der Waals surface area contributed by atoms with E-state index in [0.29, 0.717) is 0 Å². The van der Waals surface area contributed by atoms with Crippen molar-refractivity contribution in [2.45, 2.75) is 42.9 Å². The van der Waals surface area contributed by atoms with Gasteiger partial charge in [-0.05, 0) is 105 Å². The molecule has 0 saturated heterocycles. The number of fused-ring (bicyclic) bond motifs is 2. The first-order valence-electron chi connectivity index (χ1n) is 16.2. The summed E-state index contributed by atoms with van der Waals surface area (Å²) < 4.78 is 1.29. The Labute approximate surface area is 280 Å². The predicted molar refractivity (Wildman–Crippen MR) is 196 cm³/mol. The van der Waals surface area contributed by atoms with Gasteiger partial charge in [0.15, 0.2) is 0 Å². The Balaban J connectivity index is 1.31. The Kier molecular flexibility index (Phi) is 7.34. The van der Waals surface area contributed by atoms with Gasteiger partial charge < -0.3 is 4.90 Å². The van der Waals surface area contributed by atoms with Crippen molar-refractivity contribution in [3.05, 3.63) is 195 Å². The van der Waals surface area contributed by atoms with E-state index in [1.165, 1.54) is 86.1 Å². The first-order chi connectivity index (χ1) is 22.2. The minimum atomic E-state index is -0.441. The van der Waals surface area contributed by atoms with Crippen LogP contribution in [0.25, 0.3) is 0 Å². The highest BCUT2D eigenvalue weighted by Gasteiger charge is 2.46. The van der Waals surface area contributed by atoms with Crippen LogP contribution in [0.2, 0.25) is 0 Å². The van der Waals surface area contributed by atoms with Crippen LogP contribution in [0.15, 0.2) is 158 Å². The van der Waals surface area contributed by atoms with Crippen molar-refractivity contribution >= 4 is 39.7 Å². The van der Waals surface area contributed by atoms with E-state index in [4.69, 9.17) is 0 Å². The fourth-order valence-corrected chi connectivity index (χ4v) is 8.65. The van der Waals surface area contributed by atoms with Gasteiger partial charge in [-0.15, -0.1) is 0 Å². The van der Waals surface area contributed by atoms with E-state index in [0.717, 1.165) is 0 Å². The van der Waals surface area contributed by atoms with Crippen molar-refractivity contribution < 1.29 is 0 Å². The zero-order valence-electron chi connectivity index (χ0n) is 25.4. The fraction of sp³-hybridized carbons (Fsp3) is 0.163. The summed E-state index contributed by atoms with van der Waals surface area (Å²) in [6, 6.07) is 59.0. The average molecular weight is 694 g/mol. The lowest BCUT2D eigenvalue weighted by Gasteiger charge is -2.46. The summed E-state index contributed by atoms with van der Waals surface area (Å²) >= 11 is 2.42.